The number of pyridine rings is 1. The molecule has 4 heterocycles. The van der Waals surface area contributed by atoms with Gasteiger partial charge in [0.2, 0.25) is 0 Å². The zero-order chi connectivity index (χ0) is 21.9. The number of benzene rings is 1. The number of methoxy groups -OCH3 is 1. The van der Waals surface area contributed by atoms with E-state index >= 15 is 0 Å². The number of imidazole rings is 1. The molecule has 166 valence electrons. The van der Waals surface area contributed by atoms with Crippen molar-refractivity contribution in [3.63, 3.8) is 0 Å². The fourth-order valence-corrected chi connectivity index (χ4v) is 4.71. The van der Waals surface area contributed by atoms with Crippen LogP contribution in [-0.4, -0.2) is 46.2 Å². The van der Waals surface area contributed by atoms with E-state index in [4.69, 9.17) is 9.47 Å². The smallest absolute Gasteiger partial charge is 0.325 e. The highest BCUT2D eigenvalue weighted by atomic mass is 16.5. The lowest BCUT2D eigenvalue weighted by atomic mass is 9.95. The maximum atomic E-state index is 11.9. The van der Waals surface area contributed by atoms with Gasteiger partial charge in [0, 0.05) is 55.4 Å². The molecule has 1 fully saturated rings. The van der Waals surface area contributed by atoms with Gasteiger partial charge in [-0.3, -0.25) is 9.55 Å². The molecule has 0 bridgehead atoms. The number of fused-ring (bicyclic) bond motifs is 2. The van der Waals surface area contributed by atoms with Crippen LogP contribution in [0.25, 0.3) is 5.57 Å². The van der Waals surface area contributed by atoms with Gasteiger partial charge >= 0.3 is 5.69 Å². The summed E-state index contributed by atoms with van der Waals surface area (Å²) < 4.78 is 13.4. The van der Waals surface area contributed by atoms with Gasteiger partial charge < -0.3 is 19.4 Å². The molecule has 5 rings (SSSR count). The SMILES string of the molecule is COc1ccc2c(c1)C(=CCCN1CCC(n3cc[nH]c3=O)CC1)c1cccnc1CO2. The van der Waals surface area contributed by atoms with Crippen LogP contribution in [0, 0.1) is 0 Å². The third-order valence-corrected chi connectivity index (χ3v) is 6.44. The summed E-state index contributed by atoms with van der Waals surface area (Å²) in [6.45, 7) is 3.43. The van der Waals surface area contributed by atoms with E-state index in [1.165, 1.54) is 0 Å². The van der Waals surface area contributed by atoms with Crippen molar-refractivity contribution in [1.29, 1.82) is 0 Å². The fourth-order valence-electron chi connectivity index (χ4n) is 4.71. The number of hydrogen-bond donors (Lipinski definition) is 1. The average Bonchev–Trinajstić information content (AvgIpc) is 3.20. The first-order valence-electron chi connectivity index (χ1n) is 11.2. The number of ether oxygens (including phenoxy) is 2. The van der Waals surface area contributed by atoms with Crippen LogP contribution in [0.5, 0.6) is 11.5 Å². The molecule has 0 unspecified atom stereocenters. The van der Waals surface area contributed by atoms with E-state index in [0.29, 0.717) is 12.6 Å². The van der Waals surface area contributed by atoms with Gasteiger partial charge in [0.1, 0.15) is 18.1 Å². The highest BCUT2D eigenvalue weighted by molar-refractivity contribution is 5.85. The van der Waals surface area contributed by atoms with Crippen LogP contribution in [0.2, 0.25) is 0 Å². The number of nitrogens with zero attached hydrogens (tertiary/aromatic N) is 3. The van der Waals surface area contributed by atoms with Crippen molar-refractivity contribution in [3.8, 4) is 11.5 Å². The van der Waals surface area contributed by atoms with Crippen LogP contribution in [0.4, 0.5) is 0 Å². The number of aromatic amines is 1. The molecule has 2 aliphatic rings. The molecular formula is C25H28N4O3. The van der Waals surface area contributed by atoms with Gasteiger partial charge in [-0.1, -0.05) is 12.1 Å². The Balaban J connectivity index is 1.33. The molecule has 0 radical (unpaired) electrons. The van der Waals surface area contributed by atoms with Crippen molar-refractivity contribution in [2.24, 2.45) is 0 Å². The summed E-state index contributed by atoms with van der Waals surface area (Å²) in [5.74, 6) is 1.67. The Morgan fingerprint density at radius 1 is 1.25 bits per heavy atom. The van der Waals surface area contributed by atoms with E-state index in [2.05, 4.69) is 27.0 Å². The van der Waals surface area contributed by atoms with Gasteiger partial charge in [-0.05, 0) is 49.1 Å². The third kappa shape index (κ3) is 4.08. The maximum Gasteiger partial charge on any atom is 0.325 e. The number of nitrogens with one attached hydrogen (secondary N) is 1. The van der Waals surface area contributed by atoms with E-state index < -0.39 is 0 Å². The minimum atomic E-state index is -0.00914. The molecule has 0 atom stereocenters. The lowest BCUT2D eigenvalue weighted by Crippen LogP contribution is -2.37. The van der Waals surface area contributed by atoms with Gasteiger partial charge in [-0.2, -0.15) is 0 Å². The number of aromatic nitrogens is 3. The maximum absolute atomic E-state index is 11.9. The minimum absolute atomic E-state index is 0.00914. The molecule has 1 aromatic carbocycles. The lowest BCUT2D eigenvalue weighted by Gasteiger charge is -2.32. The second kappa shape index (κ2) is 9.04. The summed E-state index contributed by atoms with van der Waals surface area (Å²) >= 11 is 0. The number of H-pyrrole nitrogens is 1. The predicted octanol–water partition coefficient (Wildman–Crippen LogP) is 3.63. The third-order valence-electron chi connectivity index (χ3n) is 6.44. The van der Waals surface area contributed by atoms with Crippen LogP contribution in [0.3, 0.4) is 0 Å². The number of hydrogen-bond acceptors (Lipinski definition) is 5. The minimum Gasteiger partial charge on any atom is -0.497 e. The summed E-state index contributed by atoms with van der Waals surface area (Å²) in [7, 11) is 1.68. The molecule has 0 saturated carbocycles. The molecule has 7 nitrogen and oxygen atoms in total. The first-order chi connectivity index (χ1) is 15.7. The summed E-state index contributed by atoms with van der Waals surface area (Å²) in [6.07, 6.45) is 10.6. The molecule has 1 saturated heterocycles. The molecule has 1 N–H and O–H groups in total. The number of likely N-dealkylation sites (tertiary alicyclic amines) is 1. The standard InChI is InChI=1S/C25H28N4O3/c1-31-19-6-7-24-22(16-19)20(21-4-2-10-26-23(21)17-32-24)5-3-12-28-13-8-18(9-14-28)29-15-11-27-25(29)30/h2,4-7,10-11,15-16,18H,3,8-9,12-14,17H2,1H3,(H,27,30). The van der Waals surface area contributed by atoms with Crippen molar-refractivity contribution in [2.45, 2.75) is 31.9 Å². The molecule has 2 aromatic heterocycles. The topological polar surface area (TPSA) is 72.4 Å². The van der Waals surface area contributed by atoms with Crippen molar-refractivity contribution in [3.05, 3.63) is 82.3 Å². The van der Waals surface area contributed by atoms with E-state index in [0.717, 1.165) is 72.8 Å². The Labute approximate surface area is 187 Å². The predicted molar refractivity (Wildman–Crippen MR) is 123 cm³/mol. The highest BCUT2D eigenvalue weighted by Crippen LogP contribution is 2.38. The first-order valence-corrected chi connectivity index (χ1v) is 11.2. The summed E-state index contributed by atoms with van der Waals surface area (Å²) in [5, 5.41) is 0. The van der Waals surface area contributed by atoms with Gasteiger partial charge in [0.25, 0.3) is 0 Å². The van der Waals surface area contributed by atoms with Crippen molar-refractivity contribution in [2.75, 3.05) is 26.7 Å². The molecule has 0 aliphatic carbocycles. The Hall–Kier alpha value is -3.32. The second-order valence-electron chi connectivity index (χ2n) is 8.30. The van der Waals surface area contributed by atoms with E-state index in [-0.39, 0.29) is 5.69 Å². The monoisotopic (exact) mass is 432 g/mol. The van der Waals surface area contributed by atoms with Crippen LogP contribution in [0.1, 0.15) is 42.1 Å². The van der Waals surface area contributed by atoms with E-state index in [1.807, 2.05) is 41.2 Å². The number of rotatable bonds is 5. The Kier molecular flexibility index (Phi) is 5.81. The van der Waals surface area contributed by atoms with Gasteiger partial charge in [0.15, 0.2) is 0 Å². The second-order valence-corrected chi connectivity index (χ2v) is 8.30. The van der Waals surface area contributed by atoms with Crippen LogP contribution >= 0.6 is 0 Å². The summed E-state index contributed by atoms with van der Waals surface area (Å²) in [4.78, 5) is 21.7. The lowest BCUT2D eigenvalue weighted by molar-refractivity contribution is 0.187. The fraction of sp³-hybridized carbons (Fsp3) is 0.360. The highest BCUT2D eigenvalue weighted by Gasteiger charge is 2.22. The molecule has 32 heavy (non-hydrogen) atoms. The molecule has 3 aromatic rings. The van der Waals surface area contributed by atoms with Crippen LogP contribution < -0.4 is 15.2 Å². The van der Waals surface area contributed by atoms with Crippen molar-refractivity contribution >= 4 is 5.57 Å². The molecule has 2 aliphatic heterocycles. The van der Waals surface area contributed by atoms with Gasteiger partial charge in [-0.15, -0.1) is 0 Å². The average molecular weight is 433 g/mol. The zero-order valence-corrected chi connectivity index (χ0v) is 18.3. The first kappa shape index (κ1) is 20.6. The van der Waals surface area contributed by atoms with Crippen LogP contribution in [-0.2, 0) is 6.61 Å². The molecule has 0 spiro atoms. The van der Waals surface area contributed by atoms with Gasteiger partial charge in [0.05, 0.1) is 12.8 Å². The Bertz CT molecular complexity index is 1170. The van der Waals surface area contributed by atoms with Gasteiger partial charge in [-0.25, -0.2) is 4.79 Å². The normalized spacial score (nSPS) is 18.0. The number of piperidine rings is 1. The van der Waals surface area contributed by atoms with E-state index in [9.17, 15) is 4.79 Å². The van der Waals surface area contributed by atoms with Crippen molar-refractivity contribution < 1.29 is 9.47 Å². The zero-order valence-electron chi connectivity index (χ0n) is 18.3. The largest absolute Gasteiger partial charge is 0.497 e. The van der Waals surface area contributed by atoms with Crippen molar-refractivity contribution in [1.82, 2.24) is 19.4 Å². The molecule has 0 amide bonds. The summed E-state index contributed by atoms with van der Waals surface area (Å²) in [6, 6.07) is 10.3. The Morgan fingerprint density at radius 2 is 2.12 bits per heavy atom. The molecular weight excluding hydrogens is 404 g/mol. The quantitative estimate of drug-likeness (QED) is 0.667. The van der Waals surface area contributed by atoms with Crippen LogP contribution in [0.15, 0.2) is 59.8 Å². The Morgan fingerprint density at radius 3 is 2.91 bits per heavy atom. The molecule has 7 heteroatoms. The summed E-state index contributed by atoms with van der Waals surface area (Å²) in [5.41, 5.74) is 4.25. The van der Waals surface area contributed by atoms with E-state index in [1.54, 1.807) is 13.3 Å².